The highest BCUT2D eigenvalue weighted by Gasteiger charge is 2.22. The van der Waals surface area contributed by atoms with Gasteiger partial charge < -0.3 is 19.8 Å². The van der Waals surface area contributed by atoms with Crippen LogP contribution in [0.15, 0.2) is 0 Å². The van der Waals surface area contributed by atoms with E-state index in [0.29, 0.717) is 12.5 Å². The fourth-order valence-electron chi connectivity index (χ4n) is 2.57. The lowest BCUT2D eigenvalue weighted by molar-refractivity contribution is -0.137. The van der Waals surface area contributed by atoms with Gasteiger partial charge in [-0.2, -0.15) is 0 Å². The third-order valence-corrected chi connectivity index (χ3v) is 3.94. The van der Waals surface area contributed by atoms with E-state index in [4.69, 9.17) is 5.11 Å². The molecule has 1 aliphatic heterocycles. The summed E-state index contributed by atoms with van der Waals surface area (Å²) in [5.74, 6) is -0.312. The smallest absolute Gasteiger partial charge is 0.319 e. The SMILES string of the molecule is CCN(CCC(=O)O)C(=O)N(C)CC1CCN(C)CC1. The molecule has 2 amide bonds. The Morgan fingerprint density at radius 2 is 1.90 bits per heavy atom. The molecule has 1 rings (SSSR count). The van der Waals surface area contributed by atoms with Crippen LogP contribution in [-0.4, -0.2) is 78.6 Å². The van der Waals surface area contributed by atoms with Gasteiger partial charge in [0.1, 0.15) is 0 Å². The quantitative estimate of drug-likeness (QED) is 0.796. The van der Waals surface area contributed by atoms with Crippen molar-refractivity contribution in [2.75, 3.05) is 46.8 Å². The zero-order valence-corrected chi connectivity index (χ0v) is 12.8. The van der Waals surface area contributed by atoms with Gasteiger partial charge in [-0.1, -0.05) is 0 Å². The zero-order chi connectivity index (χ0) is 15.1. The predicted molar refractivity (Wildman–Crippen MR) is 77.7 cm³/mol. The molecule has 1 heterocycles. The Hall–Kier alpha value is -1.30. The van der Waals surface area contributed by atoms with Gasteiger partial charge in [0.15, 0.2) is 0 Å². The molecule has 1 N–H and O–H groups in total. The first-order valence-electron chi connectivity index (χ1n) is 7.34. The van der Waals surface area contributed by atoms with E-state index in [1.165, 1.54) is 0 Å². The Morgan fingerprint density at radius 1 is 1.30 bits per heavy atom. The van der Waals surface area contributed by atoms with Gasteiger partial charge in [-0.3, -0.25) is 4.79 Å². The Bertz CT molecular complexity index is 328. The van der Waals surface area contributed by atoms with Gasteiger partial charge in [0, 0.05) is 26.7 Å². The molecule has 0 saturated carbocycles. The number of nitrogens with zero attached hydrogens (tertiary/aromatic N) is 3. The molecule has 6 heteroatoms. The predicted octanol–water partition coefficient (Wildman–Crippen LogP) is 1.18. The summed E-state index contributed by atoms with van der Waals surface area (Å²) >= 11 is 0. The molecular weight excluding hydrogens is 258 g/mol. The number of aliphatic carboxylic acids is 1. The fourth-order valence-corrected chi connectivity index (χ4v) is 2.57. The van der Waals surface area contributed by atoms with Crippen molar-refractivity contribution in [2.45, 2.75) is 26.2 Å². The van der Waals surface area contributed by atoms with Crippen molar-refractivity contribution in [2.24, 2.45) is 5.92 Å². The lowest BCUT2D eigenvalue weighted by atomic mass is 9.97. The van der Waals surface area contributed by atoms with E-state index in [-0.39, 0.29) is 19.0 Å². The van der Waals surface area contributed by atoms with Gasteiger partial charge >= 0.3 is 12.0 Å². The molecule has 0 unspecified atom stereocenters. The number of hydrogen-bond acceptors (Lipinski definition) is 3. The summed E-state index contributed by atoms with van der Waals surface area (Å²) in [6.45, 7) is 5.64. The summed E-state index contributed by atoms with van der Waals surface area (Å²) < 4.78 is 0. The van der Waals surface area contributed by atoms with Gasteiger partial charge in [0.25, 0.3) is 0 Å². The number of carboxylic acids is 1. The minimum absolute atomic E-state index is 0.00163. The highest BCUT2D eigenvalue weighted by atomic mass is 16.4. The number of hydrogen-bond donors (Lipinski definition) is 1. The average molecular weight is 285 g/mol. The van der Waals surface area contributed by atoms with Gasteiger partial charge in [0.05, 0.1) is 6.42 Å². The standard InChI is InChI=1S/C14H27N3O3/c1-4-17(10-7-13(18)19)14(20)16(3)11-12-5-8-15(2)9-6-12/h12H,4-11H2,1-3H3,(H,18,19). The highest BCUT2D eigenvalue weighted by molar-refractivity contribution is 5.75. The topological polar surface area (TPSA) is 64.1 Å². The van der Waals surface area contributed by atoms with Crippen LogP contribution in [0.1, 0.15) is 26.2 Å². The Kier molecular flexibility index (Phi) is 6.78. The number of urea groups is 1. The lowest BCUT2D eigenvalue weighted by Gasteiger charge is -2.33. The van der Waals surface area contributed by atoms with Crippen LogP contribution in [0.4, 0.5) is 4.79 Å². The monoisotopic (exact) mass is 285 g/mol. The van der Waals surface area contributed by atoms with Gasteiger partial charge in [-0.25, -0.2) is 4.79 Å². The fraction of sp³-hybridized carbons (Fsp3) is 0.857. The van der Waals surface area contributed by atoms with Crippen molar-refractivity contribution >= 4 is 12.0 Å². The van der Waals surface area contributed by atoms with E-state index < -0.39 is 5.97 Å². The van der Waals surface area contributed by atoms with Crippen molar-refractivity contribution in [1.29, 1.82) is 0 Å². The number of amides is 2. The summed E-state index contributed by atoms with van der Waals surface area (Å²) in [6.07, 6.45) is 2.24. The van der Waals surface area contributed by atoms with Crippen molar-refractivity contribution in [3.8, 4) is 0 Å². The van der Waals surface area contributed by atoms with Gasteiger partial charge in [-0.05, 0) is 45.8 Å². The van der Waals surface area contributed by atoms with Crippen LogP contribution in [0.3, 0.4) is 0 Å². The summed E-state index contributed by atoms with van der Waals surface area (Å²) in [6, 6.07) is -0.0623. The summed E-state index contributed by atoms with van der Waals surface area (Å²) in [4.78, 5) is 28.5. The third-order valence-electron chi connectivity index (χ3n) is 3.94. The maximum absolute atomic E-state index is 12.3. The number of likely N-dealkylation sites (tertiary alicyclic amines) is 1. The molecule has 6 nitrogen and oxygen atoms in total. The normalized spacial score (nSPS) is 16.9. The summed E-state index contributed by atoms with van der Waals surface area (Å²) in [5.41, 5.74) is 0. The molecule has 0 aromatic carbocycles. The van der Waals surface area contributed by atoms with Crippen LogP contribution in [0.25, 0.3) is 0 Å². The molecular formula is C14H27N3O3. The van der Waals surface area contributed by atoms with Crippen molar-refractivity contribution in [1.82, 2.24) is 14.7 Å². The molecule has 0 radical (unpaired) electrons. The maximum Gasteiger partial charge on any atom is 0.319 e. The number of carbonyl (C=O) groups is 2. The molecule has 1 saturated heterocycles. The van der Waals surface area contributed by atoms with Gasteiger partial charge in [-0.15, -0.1) is 0 Å². The maximum atomic E-state index is 12.3. The minimum atomic E-state index is -0.866. The van der Waals surface area contributed by atoms with Crippen LogP contribution in [-0.2, 0) is 4.79 Å². The largest absolute Gasteiger partial charge is 0.481 e. The first-order chi connectivity index (χ1) is 9.43. The Balaban J connectivity index is 2.41. The van der Waals surface area contributed by atoms with Crippen molar-refractivity contribution in [3.63, 3.8) is 0 Å². The molecule has 0 aromatic rings. The summed E-state index contributed by atoms with van der Waals surface area (Å²) in [7, 11) is 3.93. The molecule has 0 atom stereocenters. The van der Waals surface area contributed by atoms with E-state index in [9.17, 15) is 9.59 Å². The van der Waals surface area contributed by atoms with Crippen LogP contribution in [0.5, 0.6) is 0 Å². The van der Waals surface area contributed by atoms with E-state index in [0.717, 1.165) is 32.5 Å². The molecule has 116 valence electrons. The van der Waals surface area contributed by atoms with Crippen LogP contribution >= 0.6 is 0 Å². The zero-order valence-electron chi connectivity index (χ0n) is 12.8. The first-order valence-corrected chi connectivity index (χ1v) is 7.34. The Labute approximate surface area is 121 Å². The molecule has 0 aliphatic carbocycles. The molecule has 20 heavy (non-hydrogen) atoms. The van der Waals surface area contributed by atoms with Crippen molar-refractivity contribution in [3.05, 3.63) is 0 Å². The second-order valence-corrected chi connectivity index (χ2v) is 5.63. The number of rotatable bonds is 6. The van der Waals surface area contributed by atoms with E-state index in [2.05, 4.69) is 11.9 Å². The third kappa shape index (κ3) is 5.36. The Morgan fingerprint density at radius 3 is 2.40 bits per heavy atom. The van der Waals surface area contributed by atoms with E-state index in [1.807, 2.05) is 14.0 Å². The summed E-state index contributed by atoms with van der Waals surface area (Å²) in [5, 5.41) is 8.71. The number of carboxylic acid groups (broad SMARTS) is 1. The molecule has 0 spiro atoms. The molecule has 1 aliphatic rings. The van der Waals surface area contributed by atoms with E-state index in [1.54, 1.807) is 9.80 Å². The second kappa shape index (κ2) is 8.09. The van der Waals surface area contributed by atoms with Gasteiger partial charge in [0.2, 0.25) is 0 Å². The molecule has 0 bridgehead atoms. The minimum Gasteiger partial charge on any atom is -0.481 e. The lowest BCUT2D eigenvalue weighted by Crippen LogP contribution is -2.45. The van der Waals surface area contributed by atoms with Crippen LogP contribution < -0.4 is 0 Å². The average Bonchev–Trinajstić information content (AvgIpc) is 2.41. The molecule has 1 fully saturated rings. The second-order valence-electron chi connectivity index (χ2n) is 5.63. The van der Waals surface area contributed by atoms with Crippen LogP contribution in [0.2, 0.25) is 0 Å². The van der Waals surface area contributed by atoms with Crippen LogP contribution in [0, 0.1) is 5.92 Å². The van der Waals surface area contributed by atoms with E-state index >= 15 is 0 Å². The number of piperidine rings is 1. The molecule has 0 aromatic heterocycles. The highest BCUT2D eigenvalue weighted by Crippen LogP contribution is 2.17. The first kappa shape index (κ1) is 16.8. The number of carbonyl (C=O) groups excluding carboxylic acids is 1. The van der Waals surface area contributed by atoms with Crippen molar-refractivity contribution < 1.29 is 14.7 Å².